The fourth-order valence-electron chi connectivity index (χ4n) is 2.67. The summed E-state index contributed by atoms with van der Waals surface area (Å²) in [6.07, 6.45) is 1.13. The molecule has 0 radical (unpaired) electrons. The molecule has 9 nitrogen and oxygen atoms in total. The van der Waals surface area contributed by atoms with Crippen LogP contribution in [0.5, 0.6) is 0 Å². The van der Waals surface area contributed by atoms with Gasteiger partial charge in [0, 0.05) is 6.20 Å². The van der Waals surface area contributed by atoms with Gasteiger partial charge in [0.05, 0.1) is 4.47 Å². The van der Waals surface area contributed by atoms with E-state index in [4.69, 9.17) is 15.3 Å². The average molecular weight is 522 g/mol. The van der Waals surface area contributed by atoms with Crippen LogP contribution in [0.2, 0.25) is 0 Å². The summed E-state index contributed by atoms with van der Waals surface area (Å²) in [5.41, 5.74) is 1.19. The third-order valence-electron chi connectivity index (χ3n) is 4.28. The van der Waals surface area contributed by atoms with Gasteiger partial charge in [0.25, 0.3) is 0 Å². The van der Waals surface area contributed by atoms with Gasteiger partial charge < -0.3 is 9.47 Å². The molecule has 1 aromatic heterocycles. The maximum atomic E-state index is 12.9. The van der Waals surface area contributed by atoms with Gasteiger partial charge in [-0.05, 0) is 33.1 Å². The molecule has 168 valence electrons. The van der Waals surface area contributed by atoms with Crippen LogP contribution in [-0.4, -0.2) is 35.3 Å². The molecule has 0 saturated heterocycles. The topological polar surface area (TPSA) is 121 Å². The molecular weight excluding hydrogens is 502 g/mol. The van der Waals surface area contributed by atoms with E-state index in [1.807, 2.05) is 12.1 Å². The van der Waals surface area contributed by atoms with E-state index in [1.165, 1.54) is 6.07 Å². The number of rotatable bonds is 9. The summed E-state index contributed by atoms with van der Waals surface area (Å²) in [4.78, 5) is 24.7. The first kappa shape index (κ1) is 23.7. The molecule has 0 atom stereocenters. The van der Waals surface area contributed by atoms with Crippen LogP contribution in [0.4, 0.5) is 0 Å². The van der Waals surface area contributed by atoms with Gasteiger partial charge >= 0.3 is 22.1 Å². The minimum atomic E-state index is -4.46. The molecule has 3 aromatic rings. The number of hydrazine groups is 1. The van der Waals surface area contributed by atoms with Gasteiger partial charge in [-0.1, -0.05) is 60.7 Å². The maximum Gasteiger partial charge on any atom is 0.357 e. The van der Waals surface area contributed by atoms with Crippen molar-refractivity contribution >= 4 is 38.1 Å². The fraction of sp³-hybridized carbons (Fsp3) is 0.143. The standard InChI is InChI=1S/C21H20BrN3O6S/c22-18-11-12-24(20(18)21(27)31-15-17-9-5-2-6-10-17)32(28,29)25(23)13-19(26)30-14-16-7-3-1-4-8-16/h1-12H,13-15,23H2. The van der Waals surface area contributed by atoms with Crippen molar-refractivity contribution in [1.82, 2.24) is 8.39 Å². The van der Waals surface area contributed by atoms with E-state index in [9.17, 15) is 18.0 Å². The van der Waals surface area contributed by atoms with Crippen molar-refractivity contribution in [3.05, 3.63) is 94.2 Å². The predicted molar refractivity (Wildman–Crippen MR) is 119 cm³/mol. The second-order valence-electron chi connectivity index (χ2n) is 6.57. The number of benzene rings is 2. The van der Waals surface area contributed by atoms with Gasteiger partial charge in [-0.15, -0.1) is 4.41 Å². The number of nitrogens with zero attached hydrogens (tertiary/aromatic N) is 2. The van der Waals surface area contributed by atoms with Crippen LogP contribution in [0.3, 0.4) is 0 Å². The summed E-state index contributed by atoms with van der Waals surface area (Å²) < 4.78 is 37.2. The van der Waals surface area contributed by atoms with Gasteiger partial charge in [0.2, 0.25) is 0 Å². The lowest BCUT2D eigenvalue weighted by atomic mass is 10.2. The van der Waals surface area contributed by atoms with E-state index in [-0.39, 0.29) is 23.4 Å². The van der Waals surface area contributed by atoms with E-state index in [0.717, 1.165) is 17.3 Å². The smallest absolute Gasteiger partial charge is 0.357 e. The summed E-state index contributed by atoms with van der Waals surface area (Å²) in [7, 11) is -4.46. The van der Waals surface area contributed by atoms with Crippen molar-refractivity contribution in [3.8, 4) is 0 Å². The van der Waals surface area contributed by atoms with Crippen molar-refractivity contribution in [2.24, 2.45) is 5.84 Å². The maximum absolute atomic E-state index is 12.9. The van der Waals surface area contributed by atoms with Gasteiger partial charge in [0.1, 0.15) is 19.8 Å². The van der Waals surface area contributed by atoms with Crippen LogP contribution in [0.1, 0.15) is 21.6 Å². The van der Waals surface area contributed by atoms with Crippen molar-refractivity contribution in [2.45, 2.75) is 13.2 Å². The highest BCUT2D eigenvalue weighted by Gasteiger charge is 2.30. The Morgan fingerprint density at radius 3 is 2.00 bits per heavy atom. The number of hydrogen-bond acceptors (Lipinski definition) is 7. The molecule has 0 aliphatic carbocycles. The normalized spacial score (nSPS) is 11.3. The average Bonchev–Trinajstić information content (AvgIpc) is 3.19. The highest BCUT2D eigenvalue weighted by atomic mass is 79.9. The van der Waals surface area contributed by atoms with Crippen molar-refractivity contribution in [2.75, 3.05) is 6.54 Å². The Morgan fingerprint density at radius 2 is 1.44 bits per heavy atom. The lowest BCUT2D eigenvalue weighted by Gasteiger charge is -2.18. The minimum absolute atomic E-state index is 0.0281. The molecule has 0 fully saturated rings. The summed E-state index contributed by atoms with van der Waals surface area (Å²) in [5.74, 6) is 3.92. The van der Waals surface area contributed by atoms with E-state index in [2.05, 4.69) is 15.9 Å². The number of esters is 2. The molecular formula is C21H20BrN3O6S. The Bertz CT molecular complexity index is 1180. The van der Waals surface area contributed by atoms with Crippen LogP contribution in [0, 0.1) is 0 Å². The Balaban J connectivity index is 1.68. The highest BCUT2D eigenvalue weighted by molar-refractivity contribution is 9.10. The number of hydrogen-bond donors (Lipinski definition) is 1. The molecule has 1 heterocycles. The number of nitrogens with two attached hydrogens (primary N) is 1. The summed E-state index contributed by atoms with van der Waals surface area (Å²) in [6.45, 7) is -0.821. The fourth-order valence-corrected chi connectivity index (χ4v) is 4.37. The first-order valence-electron chi connectivity index (χ1n) is 9.34. The summed E-state index contributed by atoms with van der Waals surface area (Å²) in [5, 5.41) is 0. The molecule has 0 amide bonds. The Hall–Kier alpha value is -2.99. The summed E-state index contributed by atoms with van der Waals surface area (Å²) in [6, 6.07) is 19.2. The first-order valence-corrected chi connectivity index (χ1v) is 11.5. The SMILES string of the molecule is NN(CC(=O)OCc1ccccc1)S(=O)(=O)n1ccc(Br)c1C(=O)OCc1ccccc1. The number of ether oxygens (including phenoxy) is 2. The molecule has 0 saturated carbocycles. The van der Waals surface area contributed by atoms with Crippen LogP contribution in [0.25, 0.3) is 0 Å². The Labute approximate surface area is 193 Å². The quantitative estimate of drug-likeness (QED) is 0.261. The Kier molecular flexibility index (Phi) is 7.80. The lowest BCUT2D eigenvalue weighted by Crippen LogP contribution is -2.45. The molecule has 0 bridgehead atoms. The number of halogens is 1. The van der Waals surface area contributed by atoms with E-state index in [0.29, 0.717) is 8.39 Å². The molecule has 2 aromatic carbocycles. The van der Waals surface area contributed by atoms with Crippen LogP contribution < -0.4 is 5.84 Å². The van der Waals surface area contributed by atoms with E-state index in [1.54, 1.807) is 48.5 Å². The van der Waals surface area contributed by atoms with Crippen molar-refractivity contribution < 1.29 is 27.5 Å². The second-order valence-corrected chi connectivity index (χ2v) is 9.18. The second kappa shape index (κ2) is 10.6. The van der Waals surface area contributed by atoms with E-state index >= 15 is 0 Å². The van der Waals surface area contributed by atoms with Gasteiger partial charge in [0.15, 0.2) is 5.69 Å². The molecule has 0 aliphatic heterocycles. The van der Waals surface area contributed by atoms with Gasteiger partial charge in [-0.3, -0.25) is 10.6 Å². The molecule has 11 heteroatoms. The monoisotopic (exact) mass is 521 g/mol. The third-order valence-corrected chi connectivity index (χ3v) is 6.44. The zero-order chi connectivity index (χ0) is 23.1. The molecule has 3 rings (SSSR count). The zero-order valence-corrected chi connectivity index (χ0v) is 19.2. The summed E-state index contributed by atoms with van der Waals surface area (Å²) >= 11 is 3.15. The zero-order valence-electron chi connectivity index (χ0n) is 16.8. The third kappa shape index (κ3) is 5.82. The van der Waals surface area contributed by atoms with Crippen LogP contribution in [-0.2, 0) is 37.7 Å². The lowest BCUT2D eigenvalue weighted by molar-refractivity contribution is -0.145. The first-order chi connectivity index (χ1) is 15.3. The van der Waals surface area contributed by atoms with Gasteiger partial charge in [-0.2, -0.15) is 8.42 Å². The van der Waals surface area contributed by atoms with Crippen LogP contribution >= 0.6 is 15.9 Å². The molecule has 32 heavy (non-hydrogen) atoms. The van der Waals surface area contributed by atoms with Crippen molar-refractivity contribution in [1.29, 1.82) is 0 Å². The molecule has 2 N–H and O–H groups in total. The molecule has 0 spiro atoms. The number of carbonyl (C=O) groups is 2. The number of aromatic nitrogens is 1. The molecule has 0 aliphatic rings. The predicted octanol–water partition coefficient (Wildman–Crippen LogP) is 2.62. The van der Waals surface area contributed by atoms with Gasteiger partial charge in [-0.25, -0.2) is 8.77 Å². The molecule has 0 unspecified atom stereocenters. The van der Waals surface area contributed by atoms with Crippen molar-refractivity contribution in [3.63, 3.8) is 0 Å². The van der Waals surface area contributed by atoms with Crippen LogP contribution in [0.15, 0.2) is 77.4 Å². The van der Waals surface area contributed by atoms with E-state index < -0.39 is 28.7 Å². The largest absolute Gasteiger partial charge is 0.460 e. The number of carbonyl (C=O) groups excluding carboxylic acids is 2. The highest BCUT2D eigenvalue weighted by Crippen LogP contribution is 2.22. The Morgan fingerprint density at radius 1 is 0.906 bits per heavy atom. The minimum Gasteiger partial charge on any atom is -0.460 e.